The number of hydrogen-bond acceptors (Lipinski definition) is 5. The van der Waals surface area contributed by atoms with Crippen molar-refractivity contribution in [3.05, 3.63) is 17.8 Å². The molecule has 0 aliphatic carbocycles. The van der Waals surface area contributed by atoms with Gasteiger partial charge in [0.15, 0.2) is 11.5 Å². The summed E-state index contributed by atoms with van der Waals surface area (Å²) in [4.78, 5) is 13.3. The first-order chi connectivity index (χ1) is 9.58. The molecule has 3 N–H and O–H groups in total. The largest absolute Gasteiger partial charge is 0.364 e. The zero-order valence-electron chi connectivity index (χ0n) is 12.2. The Morgan fingerprint density at radius 3 is 2.80 bits per heavy atom. The van der Waals surface area contributed by atoms with Crippen LogP contribution in [0.25, 0.3) is 0 Å². The van der Waals surface area contributed by atoms with Gasteiger partial charge in [0.05, 0.1) is 0 Å². The summed E-state index contributed by atoms with van der Waals surface area (Å²) in [5.41, 5.74) is 5.39. The van der Waals surface area contributed by atoms with Crippen LogP contribution in [-0.4, -0.2) is 41.8 Å². The van der Waals surface area contributed by atoms with Gasteiger partial charge in [-0.05, 0) is 57.8 Å². The molecule has 0 aromatic carbocycles. The number of carbonyl (C=O) groups is 1. The van der Waals surface area contributed by atoms with Crippen molar-refractivity contribution in [1.82, 2.24) is 15.5 Å². The van der Waals surface area contributed by atoms with E-state index in [2.05, 4.69) is 34.3 Å². The Kier molecular flexibility index (Phi) is 4.89. The molecule has 1 amide bonds. The van der Waals surface area contributed by atoms with E-state index >= 15 is 0 Å². The number of piperidine rings is 1. The zero-order chi connectivity index (χ0) is 14.5. The van der Waals surface area contributed by atoms with Crippen LogP contribution in [0.3, 0.4) is 0 Å². The Hall–Kier alpha value is -1.69. The number of nitrogens with two attached hydrogens (primary N) is 1. The van der Waals surface area contributed by atoms with Crippen molar-refractivity contribution < 1.29 is 4.79 Å². The molecule has 1 fully saturated rings. The number of amides is 1. The smallest absolute Gasteiger partial charge is 0.269 e. The highest BCUT2D eigenvalue weighted by Gasteiger charge is 2.20. The Labute approximate surface area is 119 Å². The fourth-order valence-corrected chi connectivity index (χ4v) is 2.54. The van der Waals surface area contributed by atoms with Crippen molar-refractivity contribution >= 4 is 11.7 Å². The van der Waals surface area contributed by atoms with Crippen LogP contribution in [0.4, 0.5) is 5.82 Å². The normalized spacial score (nSPS) is 19.1. The van der Waals surface area contributed by atoms with Gasteiger partial charge >= 0.3 is 0 Å². The first kappa shape index (κ1) is 14.7. The van der Waals surface area contributed by atoms with Crippen LogP contribution in [0.5, 0.6) is 0 Å². The lowest BCUT2D eigenvalue weighted by atomic mass is 9.98. The number of carbonyl (C=O) groups excluding carboxylic acids is 1. The molecule has 2 rings (SSSR count). The number of aromatic nitrogens is 2. The fraction of sp³-hybridized carbons (Fsp3) is 0.643. The Balaban J connectivity index is 2.09. The maximum Gasteiger partial charge on any atom is 0.269 e. The molecule has 0 spiro atoms. The van der Waals surface area contributed by atoms with Gasteiger partial charge in [0.1, 0.15) is 0 Å². The minimum atomic E-state index is -0.545. The Morgan fingerprint density at radius 2 is 2.30 bits per heavy atom. The van der Waals surface area contributed by atoms with Crippen molar-refractivity contribution in [3.63, 3.8) is 0 Å². The van der Waals surface area contributed by atoms with Crippen LogP contribution in [-0.2, 0) is 0 Å². The van der Waals surface area contributed by atoms with Crippen molar-refractivity contribution in [2.75, 3.05) is 24.5 Å². The van der Waals surface area contributed by atoms with Gasteiger partial charge in [-0.3, -0.25) is 4.79 Å². The minimum absolute atomic E-state index is 0.205. The molecule has 6 nitrogen and oxygen atoms in total. The van der Waals surface area contributed by atoms with E-state index in [1.165, 1.54) is 12.8 Å². The monoisotopic (exact) mass is 277 g/mol. The van der Waals surface area contributed by atoms with Crippen LogP contribution >= 0.6 is 0 Å². The summed E-state index contributed by atoms with van der Waals surface area (Å²) < 4.78 is 0. The standard InChI is InChI=1S/C14H23N5O/c1-10(2)19(9-11-4-3-7-16-8-11)13-6-5-12(14(15)20)17-18-13/h5-6,10-11,16H,3-4,7-9H2,1-2H3,(H2,15,20). The topological polar surface area (TPSA) is 84.1 Å². The SMILES string of the molecule is CC(C)N(CC1CCCNC1)c1ccc(C(N)=O)nn1. The predicted octanol–water partition coefficient (Wildman–Crippen LogP) is 0.790. The summed E-state index contributed by atoms with van der Waals surface area (Å²) in [6.07, 6.45) is 2.46. The second kappa shape index (κ2) is 6.65. The molecule has 0 saturated carbocycles. The van der Waals surface area contributed by atoms with Crippen molar-refractivity contribution in [1.29, 1.82) is 0 Å². The van der Waals surface area contributed by atoms with E-state index in [0.29, 0.717) is 12.0 Å². The molecular weight excluding hydrogens is 254 g/mol. The minimum Gasteiger partial charge on any atom is -0.364 e. The van der Waals surface area contributed by atoms with Crippen LogP contribution in [0.1, 0.15) is 37.2 Å². The van der Waals surface area contributed by atoms with Crippen LogP contribution in [0, 0.1) is 5.92 Å². The molecule has 1 unspecified atom stereocenters. The van der Waals surface area contributed by atoms with Gasteiger partial charge in [-0.25, -0.2) is 0 Å². The van der Waals surface area contributed by atoms with Crippen molar-refractivity contribution in [2.24, 2.45) is 11.7 Å². The highest BCUT2D eigenvalue weighted by atomic mass is 16.1. The molecule has 1 atom stereocenters. The average molecular weight is 277 g/mol. The molecule has 1 saturated heterocycles. The average Bonchev–Trinajstić information content (AvgIpc) is 2.45. The summed E-state index contributed by atoms with van der Waals surface area (Å²) in [6.45, 7) is 7.40. The van der Waals surface area contributed by atoms with Crippen LogP contribution < -0.4 is 16.0 Å². The van der Waals surface area contributed by atoms with Crippen LogP contribution in [0.2, 0.25) is 0 Å². The third-order valence-corrected chi connectivity index (χ3v) is 3.67. The van der Waals surface area contributed by atoms with E-state index < -0.39 is 5.91 Å². The van der Waals surface area contributed by atoms with Crippen molar-refractivity contribution in [3.8, 4) is 0 Å². The second-order valence-electron chi connectivity index (χ2n) is 5.60. The number of primary amides is 1. The van der Waals surface area contributed by atoms with E-state index in [1.54, 1.807) is 6.07 Å². The highest BCUT2D eigenvalue weighted by Crippen LogP contribution is 2.19. The van der Waals surface area contributed by atoms with E-state index in [9.17, 15) is 4.79 Å². The molecule has 2 heterocycles. The maximum absolute atomic E-state index is 11.0. The molecule has 20 heavy (non-hydrogen) atoms. The van der Waals surface area contributed by atoms with Gasteiger partial charge in [0, 0.05) is 12.6 Å². The zero-order valence-corrected chi connectivity index (χ0v) is 12.2. The number of nitrogens with one attached hydrogen (secondary N) is 1. The number of nitrogens with zero attached hydrogens (tertiary/aromatic N) is 3. The fourth-order valence-electron chi connectivity index (χ4n) is 2.54. The van der Waals surface area contributed by atoms with E-state index in [1.807, 2.05) is 6.07 Å². The van der Waals surface area contributed by atoms with Crippen LogP contribution in [0.15, 0.2) is 12.1 Å². The quantitative estimate of drug-likeness (QED) is 0.831. The molecule has 1 aliphatic rings. The second-order valence-corrected chi connectivity index (χ2v) is 5.60. The van der Waals surface area contributed by atoms with Gasteiger partial charge in [0.2, 0.25) is 0 Å². The molecule has 6 heteroatoms. The molecular formula is C14H23N5O. The molecule has 110 valence electrons. The number of anilines is 1. The summed E-state index contributed by atoms with van der Waals surface area (Å²) in [6, 6.07) is 3.80. The molecule has 0 radical (unpaired) electrons. The van der Waals surface area contributed by atoms with Gasteiger partial charge < -0.3 is 16.0 Å². The lowest BCUT2D eigenvalue weighted by Crippen LogP contribution is -2.41. The van der Waals surface area contributed by atoms with E-state index in [-0.39, 0.29) is 5.69 Å². The number of hydrogen-bond donors (Lipinski definition) is 2. The molecule has 0 bridgehead atoms. The number of rotatable bonds is 5. The summed E-state index contributed by atoms with van der Waals surface area (Å²) in [5.74, 6) is 0.885. The summed E-state index contributed by atoms with van der Waals surface area (Å²) in [5, 5.41) is 11.5. The molecule has 1 aliphatic heterocycles. The van der Waals surface area contributed by atoms with Gasteiger partial charge in [0.25, 0.3) is 5.91 Å². The Bertz CT molecular complexity index is 439. The van der Waals surface area contributed by atoms with Gasteiger partial charge in [-0.2, -0.15) is 0 Å². The van der Waals surface area contributed by atoms with Crippen molar-refractivity contribution in [2.45, 2.75) is 32.7 Å². The lowest BCUT2D eigenvalue weighted by Gasteiger charge is -2.33. The molecule has 1 aromatic heterocycles. The van der Waals surface area contributed by atoms with Gasteiger partial charge in [-0.1, -0.05) is 0 Å². The maximum atomic E-state index is 11.0. The first-order valence-corrected chi connectivity index (χ1v) is 7.19. The molecule has 1 aromatic rings. The highest BCUT2D eigenvalue weighted by molar-refractivity contribution is 5.90. The van der Waals surface area contributed by atoms with E-state index in [0.717, 1.165) is 25.5 Å². The lowest BCUT2D eigenvalue weighted by molar-refractivity contribution is 0.0994. The van der Waals surface area contributed by atoms with Gasteiger partial charge in [-0.15, -0.1) is 10.2 Å². The third kappa shape index (κ3) is 3.66. The summed E-state index contributed by atoms with van der Waals surface area (Å²) in [7, 11) is 0. The van der Waals surface area contributed by atoms with E-state index in [4.69, 9.17) is 5.73 Å². The Morgan fingerprint density at radius 1 is 1.50 bits per heavy atom. The third-order valence-electron chi connectivity index (χ3n) is 3.67. The summed E-state index contributed by atoms with van der Waals surface area (Å²) >= 11 is 0. The first-order valence-electron chi connectivity index (χ1n) is 7.19. The predicted molar refractivity (Wildman–Crippen MR) is 78.6 cm³/mol.